The van der Waals surface area contributed by atoms with E-state index in [-0.39, 0.29) is 48.7 Å². The molecule has 16 heteroatoms. The summed E-state index contributed by atoms with van der Waals surface area (Å²) in [4.78, 5) is 48.1. The molecule has 9 aromatic heterocycles. The van der Waals surface area contributed by atoms with Gasteiger partial charge in [-0.15, -0.1) is 0 Å². The molecule has 108 heavy (non-hydrogen) atoms. The molecule has 0 N–H and O–H groups in total. The van der Waals surface area contributed by atoms with E-state index in [0.29, 0.717) is 0 Å². The van der Waals surface area contributed by atoms with Crippen LogP contribution in [-0.4, -0.2) is 80.2 Å². The average Bonchev–Trinajstić information content (AvgIpc) is 0.972. The molecule has 0 spiro atoms. The Kier molecular flexibility index (Phi) is 74.6. The molecule has 0 bridgehead atoms. The maximum atomic E-state index is 4.25. The van der Waals surface area contributed by atoms with Gasteiger partial charge in [0.2, 0.25) is 0 Å². The van der Waals surface area contributed by atoms with Gasteiger partial charge in [0.25, 0.3) is 0 Å². The summed E-state index contributed by atoms with van der Waals surface area (Å²) in [5, 5.41) is 15.3. The van der Waals surface area contributed by atoms with Crippen LogP contribution in [0.15, 0.2) is 179 Å². The summed E-state index contributed by atoms with van der Waals surface area (Å²) in [5.41, 5.74) is 10.8. The van der Waals surface area contributed by atoms with Gasteiger partial charge >= 0.3 is 0 Å². The number of rotatable bonds is 0. The van der Waals surface area contributed by atoms with Crippen molar-refractivity contribution in [3.8, 4) is 0 Å². The number of aromatic nitrogens is 16. The van der Waals surface area contributed by atoms with Crippen LogP contribution in [0.3, 0.4) is 0 Å². The average molecular weight is 1490 g/mol. The first-order valence-electron chi connectivity index (χ1n) is 39.6. The number of pyridine rings is 3. The molecular formula is C92H164N16. The summed E-state index contributed by atoms with van der Waals surface area (Å²) in [7, 11) is 0. The lowest BCUT2D eigenvalue weighted by Crippen LogP contribution is -2.15. The van der Waals surface area contributed by atoms with Crippen molar-refractivity contribution in [3.05, 3.63) is 230 Å². The zero-order chi connectivity index (χ0) is 86.5. The van der Waals surface area contributed by atoms with Gasteiger partial charge in [0, 0.05) is 119 Å². The minimum atomic E-state index is 0.0307. The number of hydrogen-bond acceptors (Lipinski definition) is 16. The van der Waals surface area contributed by atoms with Crippen LogP contribution in [0.25, 0.3) is 0 Å². The monoisotopic (exact) mass is 1490 g/mol. The van der Waals surface area contributed by atoms with Gasteiger partial charge in [-0.25, -0.2) is 34.9 Å². The minimum absolute atomic E-state index is 0.0307. The zero-order valence-corrected chi connectivity index (χ0v) is 77.9. The van der Waals surface area contributed by atoms with Crippen molar-refractivity contribution in [2.45, 2.75) is 360 Å². The molecule has 612 valence electrons. The molecule has 0 saturated carbocycles. The third-order valence-electron chi connectivity index (χ3n) is 12.6. The Morgan fingerprint density at radius 2 is 0.565 bits per heavy atom. The molecular weight excluding hydrogens is 1330 g/mol. The molecule has 0 saturated heterocycles. The maximum absolute atomic E-state index is 4.25. The Bertz CT molecular complexity index is 2490. The van der Waals surface area contributed by atoms with Gasteiger partial charge in [0.1, 0.15) is 31.1 Å². The van der Waals surface area contributed by atoms with Crippen molar-refractivity contribution in [3.63, 3.8) is 0 Å². The van der Waals surface area contributed by atoms with Crippen LogP contribution < -0.4 is 0 Å². The topological polar surface area (TPSA) is 206 Å². The first kappa shape index (κ1) is 118. The molecule has 0 amide bonds. The van der Waals surface area contributed by atoms with E-state index in [9.17, 15) is 0 Å². The van der Waals surface area contributed by atoms with Gasteiger partial charge in [0.05, 0.1) is 17.6 Å². The normalized spacial score (nSPS) is 10.1. The highest BCUT2D eigenvalue weighted by atomic mass is 15.1. The lowest BCUT2D eigenvalue weighted by molar-refractivity contribution is 0.541. The van der Waals surface area contributed by atoms with Crippen LogP contribution in [0, 0.1) is 0 Å². The molecule has 0 aliphatic heterocycles. The van der Waals surface area contributed by atoms with E-state index in [4.69, 9.17) is 0 Å². The largest absolute Gasteiger partial charge is 0.265 e. The first-order valence-corrected chi connectivity index (χ1v) is 39.6. The van der Waals surface area contributed by atoms with E-state index >= 15 is 0 Å². The van der Waals surface area contributed by atoms with Crippen molar-refractivity contribution >= 4 is 0 Å². The Morgan fingerprint density at radius 1 is 0.185 bits per heavy atom. The molecule has 9 heterocycles. The predicted molar refractivity (Wildman–Crippen MR) is 473 cm³/mol. The molecule has 0 radical (unpaired) electrons. The van der Waals surface area contributed by atoms with Gasteiger partial charge in [0.15, 0.2) is 0 Å². The Balaban J connectivity index is -0.000000142. The summed E-state index contributed by atoms with van der Waals surface area (Å²) in [6.07, 6.45) is 31.3. The zero-order valence-electron chi connectivity index (χ0n) is 77.9. The van der Waals surface area contributed by atoms with Gasteiger partial charge in [-0.1, -0.05) is 324 Å². The molecule has 16 nitrogen and oxygen atoms in total. The molecule has 0 aliphatic carbocycles. The van der Waals surface area contributed by atoms with Crippen molar-refractivity contribution in [1.82, 2.24) is 80.2 Å². The van der Waals surface area contributed by atoms with E-state index in [0.717, 1.165) is 28.6 Å². The molecule has 0 fully saturated rings. The minimum Gasteiger partial charge on any atom is -0.265 e. The fourth-order valence-corrected chi connectivity index (χ4v) is 6.63. The lowest BCUT2D eigenvalue weighted by Gasteiger charge is -2.17. The highest BCUT2D eigenvalue weighted by Gasteiger charge is 2.19. The maximum Gasteiger partial charge on any atom is 0.137 e. The van der Waals surface area contributed by atoms with Crippen LogP contribution in [0.1, 0.15) is 362 Å². The van der Waals surface area contributed by atoms with Gasteiger partial charge in [-0.2, -0.15) is 20.4 Å². The molecule has 0 atom stereocenters. The van der Waals surface area contributed by atoms with E-state index < -0.39 is 0 Å². The summed E-state index contributed by atoms with van der Waals surface area (Å²) >= 11 is 0. The molecule has 9 rings (SSSR count). The van der Waals surface area contributed by atoms with Gasteiger partial charge in [-0.3, -0.25) is 24.9 Å². The highest BCUT2D eigenvalue weighted by molar-refractivity contribution is 5.20. The summed E-state index contributed by atoms with van der Waals surface area (Å²) in [6, 6.07) is 22.0. The van der Waals surface area contributed by atoms with Crippen LogP contribution in [0.5, 0.6) is 0 Å². The van der Waals surface area contributed by atoms with Crippen LogP contribution in [0.2, 0.25) is 0 Å². The fourth-order valence-electron chi connectivity index (χ4n) is 6.63. The second-order valence-electron chi connectivity index (χ2n) is 30.5. The van der Waals surface area contributed by atoms with E-state index in [1.165, 1.54) is 34.9 Å². The Labute approximate surface area is 666 Å². The van der Waals surface area contributed by atoms with Gasteiger partial charge in [-0.05, 0) is 98.5 Å². The standard InChI is InChI=1S/3C9H13N.5C8H12N2.C7H11N3.9C2H6/c1-9(2,3)8-4-6-10-7-5-8;1-9(2,3)8-5-4-6-10-7-8;1-9(2,3)8-6-4-5-7-10-8;1-8(2,3)7-4-9-6-10-5-7;1-8(2,3)7-6-9-4-5-10-7;1-8(2,3)7-4-5-9-6-10-7;1-8(2,3)7-4-5-9-10-6-7;1-8(2,3)7-5-4-6-9-10-7;1-7(2,3)6-9-4-8-5-10-6;9*1-2/h3*4-7H,1-3H3;5*4-6H,1-3H3;4-5H,1-3H3;9*1-2H3. The van der Waals surface area contributed by atoms with Crippen molar-refractivity contribution in [2.75, 3.05) is 0 Å². The lowest BCUT2D eigenvalue weighted by atomic mass is 9.88. The SMILES string of the molecule is CC.CC.CC.CC.CC.CC.CC.CC.CC.CC(C)(C)c1ccccn1.CC(C)(C)c1cccnc1.CC(C)(C)c1cccnn1.CC(C)(C)c1ccncc1.CC(C)(C)c1ccncn1.CC(C)(C)c1ccnnc1.CC(C)(C)c1cnccn1.CC(C)(C)c1cncnc1.CC(C)(C)c1ncncn1. The van der Waals surface area contributed by atoms with Crippen LogP contribution in [0.4, 0.5) is 0 Å². The molecule has 0 aliphatic rings. The predicted octanol–water partition coefficient (Wildman–Crippen LogP) is 26.4. The third kappa shape index (κ3) is 66.1. The number of nitrogens with zero attached hydrogens (tertiary/aromatic N) is 16. The van der Waals surface area contributed by atoms with Crippen LogP contribution in [-0.2, 0) is 48.7 Å². The van der Waals surface area contributed by atoms with Crippen LogP contribution >= 0.6 is 0 Å². The summed E-state index contributed by atoms with van der Waals surface area (Å²) in [6.45, 7) is 93.9. The van der Waals surface area contributed by atoms with Gasteiger partial charge < -0.3 is 0 Å². The molecule has 0 unspecified atom stereocenters. The Hall–Kier alpha value is -8.14. The molecule has 9 aromatic rings. The van der Waals surface area contributed by atoms with E-state index in [1.807, 2.05) is 204 Å². The molecule has 0 aromatic carbocycles. The van der Waals surface area contributed by atoms with Crippen molar-refractivity contribution in [2.24, 2.45) is 0 Å². The quantitative estimate of drug-likeness (QED) is 0.138. The first-order chi connectivity index (χ1) is 50.4. The third-order valence-corrected chi connectivity index (χ3v) is 12.6. The second kappa shape index (κ2) is 68.2. The smallest absolute Gasteiger partial charge is 0.137 e. The van der Waals surface area contributed by atoms with E-state index in [1.54, 1.807) is 62.2 Å². The Morgan fingerprint density at radius 3 is 0.815 bits per heavy atom. The van der Waals surface area contributed by atoms with Crippen molar-refractivity contribution < 1.29 is 0 Å². The van der Waals surface area contributed by atoms with E-state index in [2.05, 4.69) is 291 Å². The summed E-state index contributed by atoms with van der Waals surface area (Å²) in [5.74, 6) is 0.836. The number of hydrogen-bond donors (Lipinski definition) is 0. The van der Waals surface area contributed by atoms with Crippen molar-refractivity contribution in [1.29, 1.82) is 0 Å². The highest BCUT2D eigenvalue weighted by Crippen LogP contribution is 2.24. The second-order valence-corrected chi connectivity index (χ2v) is 30.5. The summed E-state index contributed by atoms with van der Waals surface area (Å²) < 4.78 is 0. The fraction of sp³-hybridized carbons (Fsp3) is 0.587.